The van der Waals surface area contributed by atoms with Crippen LogP contribution in [0.3, 0.4) is 0 Å². The molecule has 0 unspecified atom stereocenters. The lowest BCUT2D eigenvalue weighted by Crippen LogP contribution is -2.32. The maximum absolute atomic E-state index is 10.5. The van der Waals surface area contributed by atoms with Crippen molar-refractivity contribution in [2.24, 2.45) is 5.73 Å². The highest BCUT2D eigenvalue weighted by molar-refractivity contribution is 7.98. The summed E-state index contributed by atoms with van der Waals surface area (Å²) in [6.45, 7) is 0. The third-order valence-electron chi connectivity index (χ3n) is 2.05. The second-order valence-corrected chi connectivity index (χ2v) is 5.43. The summed E-state index contributed by atoms with van der Waals surface area (Å²) in [6, 6.07) is 2.94. The first kappa shape index (κ1) is 13.1. The second kappa shape index (κ2) is 5.98. The van der Waals surface area contributed by atoms with Gasteiger partial charge in [-0.3, -0.25) is 4.79 Å². The van der Waals surface area contributed by atoms with Gasteiger partial charge in [0.05, 0.1) is 10.6 Å². The summed E-state index contributed by atoms with van der Waals surface area (Å²) in [4.78, 5) is 15.7. The number of hydrogen-bond acceptors (Lipinski definition) is 7. The largest absolute Gasteiger partial charge is 0.480 e. The van der Waals surface area contributed by atoms with E-state index in [-0.39, 0.29) is 0 Å². The summed E-state index contributed by atoms with van der Waals surface area (Å²) >= 11 is 2.89. The molecular formula is C10H11N3O3S2. The van der Waals surface area contributed by atoms with Gasteiger partial charge in [0.15, 0.2) is 5.82 Å². The number of carbonyl (C=O) groups is 1. The van der Waals surface area contributed by atoms with E-state index in [1.807, 2.05) is 17.5 Å². The van der Waals surface area contributed by atoms with Crippen LogP contribution in [-0.4, -0.2) is 33.0 Å². The Kier molecular flexibility index (Phi) is 4.34. The highest BCUT2D eigenvalue weighted by atomic mass is 32.2. The molecule has 0 bridgehead atoms. The van der Waals surface area contributed by atoms with Crippen molar-refractivity contribution in [1.29, 1.82) is 0 Å². The lowest BCUT2D eigenvalue weighted by molar-refractivity contribution is -0.137. The highest BCUT2D eigenvalue weighted by Crippen LogP contribution is 2.23. The van der Waals surface area contributed by atoms with Gasteiger partial charge >= 0.3 is 5.97 Å². The molecule has 6 nitrogen and oxygen atoms in total. The van der Waals surface area contributed by atoms with E-state index in [9.17, 15) is 4.79 Å². The van der Waals surface area contributed by atoms with Gasteiger partial charge in [-0.2, -0.15) is 16.7 Å². The van der Waals surface area contributed by atoms with Gasteiger partial charge in [0.2, 0.25) is 0 Å². The summed E-state index contributed by atoms with van der Waals surface area (Å²) in [6.07, 6.45) is 0. The normalized spacial score (nSPS) is 12.5. The van der Waals surface area contributed by atoms with Crippen LogP contribution in [0.1, 0.15) is 5.82 Å². The van der Waals surface area contributed by atoms with Crippen molar-refractivity contribution in [2.75, 3.05) is 5.75 Å². The number of aliphatic carboxylic acids is 1. The van der Waals surface area contributed by atoms with Gasteiger partial charge in [-0.25, -0.2) is 0 Å². The van der Waals surface area contributed by atoms with Crippen LogP contribution in [0.25, 0.3) is 10.8 Å². The van der Waals surface area contributed by atoms with Crippen LogP contribution in [0.2, 0.25) is 0 Å². The number of carboxylic acids is 1. The molecule has 0 radical (unpaired) electrons. The highest BCUT2D eigenvalue weighted by Gasteiger charge is 2.13. The zero-order valence-electron chi connectivity index (χ0n) is 9.28. The molecule has 0 aliphatic heterocycles. The molecule has 0 spiro atoms. The van der Waals surface area contributed by atoms with E-state index >= 15 is 0 Å². The zero-order chi connectivity index (χ0) is 13.0. The molecule has 2 aromatic rings. The van der Waals surface area contributed by atoms with Crippen LogP contribution in [0.4, 0.5) is 0 Å². The molecule has 3 N–H and O–H groups in total. The number of carboxylic acid groups (broad SMARTS) is 1. The van der Waals surface area contributed by atoms with E-state index < -0.39 is 12.0 Å². The van der Waals surface area contributed by atoms with Gasteiger partial charge < -0.3 is 15.4 Å². The van der Waals surface area contributed by atoms with Crippen molar-refractivity contribution in [3.8, 4) is 10.8 Å². The molecule has 1 atom stereocenters. The third-order valence-corrected chi connectivity index (χ3v) is 3.96. The quantitative estimate of drug-likeness (QED) is 0.827. The number of hydrogen-bond donors (Lipinski definition) is 2. The minimum absolute atomic E-state index is 0.318. The number of thioether (sulfide) groups is 1. The van der Waals surface area contributed by atoms with Gasteiger partial charge in [-0.05, 0) is 11.4 Å². The molecule has 0 aromatic carbocycles. The average Bonchev–Trinajstić information content (AvgIpc) is 2.98. The fourth-order valence-corrected chi connectivity index (χ4v) is 2.62. The van der Waals surface area contributed by atoms with Crippen LogP contribution in [0.5, 0.6) is 0 Å². The van der Waals surface area contributed by atoms with Crippen molar-refractivity contribution < 1.29 is 14.4 Å². The molecule has 0 fully saturated rings. The number of nitrogens with zero attached hydrogens (tertiary/aromatic N) is 2. The van der Waals surface area contributed by atoms with Gasteiger partial charge in [0.1, 0.15) is 6.04 Å². The molecule has 2 heterocycles. The first-order chi connectivity index (χ1) is 8.66. The average molecular weight is 285 g/mol. The maximum Gasteiger partial charge on any atom is 0.321 e. The van der Waals surface area contributed by atoms with Crippen molar-refractivity contribution in [3.63, 3.8) is 0 Å². The van der Waals surface area contributed by atoms with E-state index in [0.29, 0.717) is 23.2 Å². The second-order valence-electron chi connectivity index (χ2n) is 3.45. The van der Waals surface area contributed by atoms with E-state index in [4.69, 9.17) is 15.4 Å². The predicted octanol–water partition coefficient (Wildman–Crippen LogP) is 1.44. The van der Waals surface area contributed by atoms with Gasteiger partial charge in [0.25, 0.3) is 5.89 Å². The summed E-state index contributed by atoms with van der Waals surface area (Å²) in [5.74, 6) is 0.827. The van der Waals surface area contributed by atoms with Crippen molar-refractivity contribution in [3.05, 3.63) is 23.3 Å². The minimum atomic E-state index is -1.00. The Bertz CT molecular complexity index is 512. The number of rotatable bonds is 6. The van der Waals surface area contributed by atoms with Crippen LogP contribution in [0, 0.1) is 0 Å². The van der Waals surface area contributed by atoms with Crippen molar-refractivity contribution >= 4 is 29.1 Å². The lowest BCUT2D eigenvalue weighted by Gasteiger charge is -2.03. The zero-order valence-corrected chi connectivity index (χ0v) is 10.9. The van der Waals surface area contributed by atoms with E-state index in [2.05, 4.69) is 10.1 Å². The first-order valence-corrected chi connectivity index (χ1v) is 7.13. The third kappa shape index (κ3) is 3.31. The van der Waals surface area contributed by atoms with Gasteiger partial charge in [-0.1, -0.05) is 11.2 Å². The van der Waals surface area contributed by atoms with Gasteiger partial charge in [-0.15, -0.1) is 11.3 Å². The number of nitrogens with two attached hydrogens (primary N) is 1. The fourth-order valence-electron chi connectivity index (χ4n) is 1.16. The molecule has 18 heavy (non-hydrogen) atoms. The molecule has 0 aliphatic carbocycles. The number of aromatic nitrogens is 2. The first-order valence-electron chi connectivity index (χ1n) is 5.09. The van der Waals surface area contributed by atoms with E-state index in [1.165, 1.54) is 23.1 Å². The summed E-state index contributed by atoms with van der Waals surface area (Å²) in [5.41, 5.74) is 5.38. The SMILES string of the molecule is N[C@H](CSCc1noc(-c2cccs2)n1)C(=O)O. The van der Waals surface area contributed by atoms with E-state index in [0.717, 1.165) is 4.88 Å². The van der Waals surface area contributed by atoms with Crippen molar-refractivity contribution in [2.45, 2.75) is 11.8 Å². The summed E-state index contributed by atoms with van der Waals surface area (Å²) in [5, 5.41) is 14.4. The molecule has 0 amide bonds. The Labute approximate surface area is 111 Å². The maximum atomic E-state index is 10.5. The molecule has 8 heteroatoms. The minimum Gasteiger partial charge on any atom is -0.480 e. The van der Waals surface area contributed by atoms with Crippen molar-refractivity contribution in [1.82, 2.24) is 10.1 Å². The molecule has 96 valence electrons. The molecule has 0 saturated carbocycles. The van der Waals surface area contributed by atoms with Gasteiger partial charge in [0, 0.05) is 5.75 Å². The van der Waals surface area contributed by atoms with Crippen LogP contribution in [0.15, 0.2) is 22.0 Å². The molecular weight excluding hydrogens is 274 g/mol. The molecule has 0 saturated heterocycles. The Morgan fingerprint density at radius 3 is 3.17 bits per heavy atom. The lowest BCUT2D eigenvalue weighted by atomic mass is 10.4. The topological polar surface area (TPSA) is 102 Å². The summed E-state index contributed by atoms with van der Waals surface area (Å²) in [7, 11) is 0. The monoisotopic (exact) mass is 285 g/mol. The van der Waals surface area contributed by atoms with Crippen LogP contribution >= 0.6 is 23.1 Å². The molecule has 0 aliphatic rings. The predicted molar refractivity (Wildman–Crippen MR) is 69.4 cm³/mol. The fraction of sp³-hybridized carbons (Fsp3) is 0.300. The Hall–Kier alpha value is -1.38. The van der Waals surface area contributed by atoms with Crippen LogP contribution < -0.4 is 5.73 Å². The molecule has 2 rings (SSSR count). The van der Waals surface area contributed by atoms with Crippen LogP contribution in [-0.2, 0) is 10.5 Å². The number of thiophene rings is 1. The summed E-state index contributed by atoms with van der Waals surface area (Å²) < 4.78 is 5.10. The Balaban J connectivity index is 1.86. The van der Waals surface area contributed by atoms with E-state index in [1.54, 1.807) is 0 Å². The Morgan fingerprint density at radius 1 is 1.67 bits per heavy atom. The molecule has 2 aromatic heterocycles. The smallest absolute Gasteiger partial charge is 0.321 e. The standard InChI is InChI=1S/C10H11N3O3S2/c11-6(10(14)15)4-17-5-8-12-9(16-13-8)7-2-1-3-18-7/h1-3,6H,4-5,11H2,(H,14,15)/t6-/m1/s1. The Morgan fingerprint density at radius 2 is 2.50 bits per heavy atom.